The Morgan fingerprint density at radius 2 is 2.06 bits per heavy atom. The van der Waals surface area contributed by atoms with Crippen LogP contribution in [0.5, 0.6) is 0 Å². The van der Waals surface area contributed by atoms with E-state index in [0.29, 0.717) is 0 Å². The minimum absolute atomic E-state index is 0.120. The first-order valence-corrected chi connectivity index (χ1v) is 5.65. The number of urea groups is 1. The van der Waals surface area contributed by atoms with Gasteiger partial charge in [-0.1, -0.05) is 18.2 Å². The van der Waals surface area contributed by atoms with Crippen LogP contribution in [0.1, 0.15) is 18.4 Å². The first kappa shape index (κ1) is 12.7. The summed E-state index contributed by atoms with van der Waals surface area (Å²) in [6.07, 6.45) is -4.37. The molecule has 1 aromatic carbocycles. The van der Waals surface area contributed by atoms with Crippen molar-refractivity contribution in [3.8, 4) is 0 Å². The zero-order valence-corrected chi connectivity index (χ0v) is 9.79. The maximum atomic E-state index is 13.1. The Morgan fingerprint density at radius 1 is 1.39 bits per heavy atom. The Labute approximate surface area is 103 Å². The number of para-hydroxylation sites is 1. The molecule has 0 saturated heterocycles. The monoisotopic (exact) mass is 258 g/mol. The fourth-order valence-electron chi connectivity index (χ4n) is 2.06. The molecule has 6 heteroatoms. The number of hydrogen-bond donors (Lipinski definition) is 1. The number of nitrogens with one attached hydrogen (secondary N) is 1. The summed E-state index contributed by atoms with van der Waals surface area (Å²) in [5.74, 6) is -1.65. The summed E-state index contributed by atoms with van der Waals surface area (Å²) in [6.45, 7) is 1.55. The molecule has 1 aliphatic rings. The summed E-state index contributed by atoms with van der Waals surface area (Å²) in [4.78, 5) is 12.9. The number of likely N-dealkylation sites (N-methyl/N-ethyl adjacent to an activating group) is 1. The molecule has 0 aromatic heterocycles. The lowest BCUT2D eigenvalue weighted by molar-refractivity contribution is -0.152. The molecular formula is C12H13F3N2O. The molecule has 0 bridgehead atoms. The molecule has 1 atom stereocenters. The number of amides is 2. The van der Waals surface area contributed by atoms with Gasteiger partial charge < -0.3 is 10.2 Å². The highest BCUT2D eigenvalue weighted by molar-refractivity contribution is 5.91. The molecule has 1 aromatic rings. The summed E-state index contributed by atoms with van der Waals surface area (Å²) in [7, 11) is 0. The van der Waals surface area contributed by atoms with Crippen molar-refractivity contribution in [1.82, 2.24) is 4.90 Å². The topological polar surface area (TPSA) is 32.3 Å². The van der Waals surface area contributed by atoms with Crippen molar-refractivity contribution in [2.45, 2.75) is 19.0 Å². The summed E-state index contributed by atoms with van der Waals surface area (Å²) in [5.41, 5.74) is 0.357. The fourth-order valence-corrected chi connectivity index (χ4v) is 2.06. The molecule has 2 rings (SSSR count). The van der Waals surface area contributed by atoms with Gasteiger partial charge in [0.25, 0.3) is 0 Å². The molecule has 1 heterocycles. The van der Waals surface area contributed by atoms with Gasteiger partial charge in [0.2, 0.25) is 0 Å². The lowest BCUT2D eigenvalue weighted by atomic mass is 9.96. The molecule has 1 unspecified atom stereocenters. The van der Waals surface area contributed by atoms with E-state index in [1.165, 1.54) is 12.1 Å². The number of fused-ring (bicyclic) bond motifs is 1. The molecule has 0 spiro atoms. The number of benzene rings is 1. The van der Waals surface area contributed by atoms with Crippen molar-refractivity contribution in [3.05, 3.63) is 29.8 Å². The number of anilines is 1. The van der Waals surface area contributed by atoms with Crippen LogP contribution >= 0.6 is 0 Å². The third-order valence-corrected chi connectivity index (χ3v) is 3.04. The van der Waals surface area contributed by atoms with Gasteiger partial charge >= 0.3 is 12.2 Å². The molecule has 3 nitrogen and oxygen atoms in total. The van der Waals surface area contributed by atoms with Crippen molar-refractivity contribution in [2.75, 3.05) is 18.4 Å². The van der Waals surface area contributed by atoms with E-state index in [2.05, 4.69) is 5.32 Å². The summed E-state index contributed by atoms with van der Waals surface area (Å²) in [6, 6.07) is 5.56. The van der Waals surface area contributed by atoms with Gasteiger partial charge in [-0.2, -0.15) is 13.2 Å². The average molecular weight is 258 g/mol. The third kappa shape index (κ3) is 2.27. The highest BCUT2D eigenvalue weighted by atomic mass is 19.4. The molecule has 1 N–H and O–H groups in total. The van der Waals surface area contributed by atoms with Crippen LogP contribution < -0.4 is 5.32 Å². The van der Waals surface area contributed by atoms with E-state index in [1.54, 1.807) is 19.1 Å². The number of carbonyl (C=O) groups is 1. The smallest absolute Gasteiger partial charge is 0.324 e. The SMILES string of the molecule is CCN1CC(C(F)(F)F)c2ccccc2NC1=O. The second kappa shape index (κ2) is 4.51. The van der Waals surface area contributed by atoms with Gasteiger partial charge in [0, 0.05) is 18.8 Å². The van der Waals surface area contributed by atoms with Gasteiger partial charge in [0.1, 0.15) is 0 Å². The normalized spacial score (nSPS) is 20.1. The molecule has 18 heavy (non-hydrogen) atoms. The van der Waals surface area contributed by atoms with E-state index < -0.39 is 18.1 Å². The molecule has 0 aliphatic carbocycles. The second-order valence-electron chi connectivity index (χ2n) is 4.15. The lowest BCUT2D eigenvalue weighted by Crippen LogP contribution is -2.38. The first-order chi connectivity index (χ1) is 8.43. The molecule has 0 radical (unpaired) electrons. The van der Waals surface area contributed by atoms with Gasteiger partial charge in [0.15, 0.2) is 0 Å². The highest BCUT2D eigenvalue weighted by Gasteiger charge is 2.44. The number of alkyl halides is 3. The van der Waals surface area contributed by atoms with Crippen LogP contribution in [0.25, 0.3) is 0 Å². The van der Waals surface area contributed by atoms with Crippen LogP contribution in [0.15, 0.2) is 24.3 Å². The zero-order valence-electron chi connectivity index (χ0n) is 9.79. The molecule has 0 saturated carbocycles. The van der Waals surface area contributed by atoms with E-state index in [1.807, 2.05) is 0 Å². The van der Waals surface area contributed by atoms with Crippen molar-refractivity contribution in [2.24, 2.45) is 0 Å². The Hall–Kier alpha value is -1.72. The van der Waals surface area contributed by atoms with Crippen molar-refractivity contribution >= 4 is 11.7 Å². The van der Waals surface area contributed by atoms with Crippen LogP contribution in [0.2, 0.25) is 0 Å². The predicted octanol–water partition coefficient (Wildman–Crippen LogP) is 3.20. The molecule has 0 fully saturated rings. The quantitative estimate of drug-likeness (QED) is 0.824. The van der Waals surface area contributed by atoms with Crippen molar-refractivity contribution in [1.29, 1.82) is 0 Å². The number of nitrogens with zero attached hydrogens (tertiary/aromatic N) is 1. The van der Waals surface area contributed by atoms with E-state index in [-0.39, 0.29) is 24.3 Å². The van der Waals surface area contributed by atoms with Crippen LogP contribution in [-0.2, 0) is 0 Å². The maximum absolute atomic E-state index is 13.1. The Balaban J connectivity index is 2.48. The minimum atomic E-state index is -4.37. The summed E-state index contributed by atoms with van der Waals surface area (Å²) < 4.78 is 39.2. The molecule has 98 valence electrons. The van der Waals surface area contributed by atoms with Gasteiger partial charge in [-0.25, -0.2) is 4.79 Å². The summed E-state index contributed by atoms with van der Waals surface area (Å²) >= 11 is 0. The van der Waals surface area contributed by atoms with Crippen LogP contribution in [0.4, 0.5) is 23.7 Å². The predicted molar refractivity (Wildman–Crippen MR) is 61.5 cm³/mol. The third-order valence-electron chi connectivity index (χ3n) is 3.04. The molecule has 1 aliphatic heterocycles. The summed E-state index contributed by atoms with van der Waals surface area (Å²) in [5, 5.41) is 2.51. The van der Waals surface area contributed by atoms with E-state index in [9.17, 15) is 18.0 Å². The highest BCUT2D eigenvalue weighted by Crippen LogP contribution is 2.40. The fraction of sp³-hybridized carbons (Fsp3) is 0.417. The van der Waals surface area contributed by atoms with Crippen LogP contribution in [0, 0.1) is 0 Å². The van der Waals surface area contributed by atoms with Crippen LogP contribution in [-0.4, -0.2) is 30.2 Å². The van der Waals surface area contributed by atoms with E-state index >= 15 is 0 Å². The Bertz CT molecular complexity index is 459. The van der Waals surface area contributed by atoms with Gasteiger partial charge in [-0.15, -0.1) is 0 Å². The maximum Gasteiger partial charge on any atom is 0.397 e. The van der Waals surface area contributed by atoms with Gasteiger partial charge in [-0.05, 0) is 18.6 Å². The molecule has 2 amide bonds. The number of halogens is 3. The number of hydrogen-bond acceptors (Lipinski definition) is 1. The number of carbonyl (C=O) groups excluding carboxylic acids is 1. The zero-order chi connectivity index (χ0) is 13.3. The van der Waals surface area contributed by atoms with E-state index in [0.717, 1.165) is 4.90 Å². The van der Waals surface area contributed by atoms with Crippen LogP contribution in [0.3, 0.4) is 0 Å². The van der Waals surface area contributed by atoms with Crippen molar-refractivity contribution < 1.29 is 18.0 Å². The number of rotatable bonds is 1. The minimum Gasteiger partial charge on any atom is -0.324 e. The van der Waals surface area contributed by atoms with Gasteiger partial charge in [0.05, 0.1) is 5.92 Å². The standard InChI is InChI=1S/C12H13F3N2O/c1-2-17-7-9(12(13,14)15)8-5-3-4-6-10(8)16-11(17)18/h3-6,9H,2,7H2,1H3,(H,16,18). The second-order valence-corrected chi connectivity index (χ2v) is 4.15. The van der Waals surface area contributed by atoms with Gasteiger partial charge in [-0.3, -0.25) is 0 Å². The molecular weight excluding hydrogens is 245 g/mol. The lowest BCUT2D eigenvalue weighted by Gasteiger charge is -2.24. The van der Waals surface area contributed by atoms with E-state index in [4.69, 9.17) is 0 Å². The first-order valence-electron chi connectivity index (χ1n) is 5.65. The average Bonchev–Trinajstić information content (AvgIpc) is 2.44. The Morgan fingerprint density at radius 3 is 2.67 bits per heavy atom. The van der Waals surface area contributed by atoms with Crippen molar-refractivity contribution in [3.63, 3.8) is 0 Å². The largest absolute Gasteiger partial charge is 0.397 e. The Kier molecular flexibility index (Phi) is 3.19.